The summed E-state index contributed by atoms with van der Waals surface area (Å²) in [5.74, 6) is 1.15. The van der Waals surface area contributed by atoms with E-state index in [1.165, 1.54) is 25.2 Å². The minimum atomic E-state index is 0.539. The molecule has 0 aromatic carbocycles. The van der Waals surface area contributed by atoms with Crippen molar-refractivity contribution in [3.63, 3.8) is 0 Å². The Hall–Kier alpha value is -0.292. The summed E-state index contributed by atoms with van der Waals surface area (Å²) in [7, 11) is 0. The molecule has 0 heterocycles. The van der Waals surface area contributed by atoms with Crippen LogP contribution in [-0.4, -0.2) is 0 Å². The molecule has 0 saturated heterocycles. The van der Waals surface area contributed by atoms with Gasteiger partial charge < -0.3 is 0 Å². The van der Waals surface area contributed by atoms with Crippen LogP contribution in [0.1, 0.15) is 34.6 Å². The Morgan fingerprint density at radius 3 is 2.13 bits per heavy atom. The standard InChI is InChI=1S/C13H21N.W/c1-10(2)8-6-7-9-13(11(3)4)12(5)14;/h6-11H,1-5H3;/b8-6+,9-7-,13-12-;. The van der Waals surface area contributed by atoms with Gasteiger partial charge in [0, 0.05) is 0 Å². The quantitative estimate of drug-likeness (QED) is 0.631. The Morgan fingerprint density at radius 2 is 1.73 bits per heavy atom. The van der Waals surface area contributed by atoms with Gasteiger partial charge in [0.1, 0.15) is 0 Å². The number of hydrogen-bond acceptors (Lipinski definition) is 1. The molecule has 0 unspecified atom stereocenters. The first kappa shape index (κ1) is 14.7. The first-order valence-electron chi connectivity index (χ1n) is 5.38. The van der Waals surface area contributed by atoms with Crippen LogP contribution >= 0.6 is 0 Å². The molecule has 1 nitrogen and oxygen atoms in total. The van der Waals surface area contributed by atoms with Crippen molar-refractivity contribution in [1.29, 1.82) is 0 Å². The van der Waals surface area contributed by atoms with Gasteiger partial charge in [0.05, 0.1) is 0 Å². The normalized spacial score (nSPS) is 14.3. The zero-order chi connectivity index (χ0) is 11.8. The molecule has 0 spiro atoms. The van der Waals surface area contributed by atoms with Crippen molar-refractivity contribution < 1.29 is 19.6 Å². The van der Waals surface area contributed by atoms with Crippen LogP contribution < -0.4 is 0 Å². The molecule has 15 heavy (non-hydrogen) atoms. The molecule has 2 heteroatoms. The molecular formula is C13H21NW. The zero-order valence-electron chi connectivity index (χ0n) is 10.3. The van der Waals surface area contributed by atoms with Crippen LogP contribution in [-0.2, 0) is 19.6 Å². The van der Waals surface area contributed by atoms with E-state index in [0.29, 0.717) is 11.8 Å². The molecule has 0 aliphatic carbocycles. The van der Waals surface area contributed by atoms with Crippen LogP contribution in [0.3, 0.4) is 0 Å². The summed E-state index contributed by atoms with van der Waals surface area (Å²) >= 11 is 1.27. The van der Waals surface area contributed by atoms with Crippen LogP contribution in [0.4, 0.5) is 0 Å². The SMILES string of the molecule is C\C([N]=[W])=C(/C=C\C=C\C(C)C)C(C)C. The van der Waals surface area contributed by atoms with E-state index < -0.39 is 0 Å². The third-order valence-electron chi connectivity index (χ3n) is 2.06. The summed E-state index contributed by atoms with van der Waals surface area (Å²) in [5.41, 5.74) is 2.49. The molecule has 84 valence electrons. The van der Waals surface area contributed by atoms with Gasteiger partial charge in [-0.1, -0.05) is 0 Å². The maximum atomic E-state index is 4.31. The second-order valence-electron chi connectivity index (χ2n) is 4.27. The molecule has 0 saturated carbocycles. The molecule has 0 aromatic heterocycles. The predicted octanol–water partition coefficient (Wildman–Crippen LogP) is 4.42. The third kappa shape index (κ3) is 6.73. The fourth-order valence-corrected chi connectivity index (χ4v) is 1.61. The molecule has 0 N–H and O–H groups in total. The van der Waals surface area contributed by atoms with Crippen LogP contribution in [0.2, 0.25) is 0 Å². The fraction of sp³-hybridized carbons (Fsp3) is 0.538. The van der Waals surface area contributed by atoms with Gasteiger partial charge in [0.15, 0.2) is 0 Å². The van der Waals surface area contributed by atoms with E-state index in [-0.39, 0.29) is 0 Å². The minimum absolute atomic E-state index is 0.539. The van der Waals surface area contributed by atoms with E-state index >= 15 is 0 Å². The Balaban J connectivity index is 4.65. The summed E-state index contributed by atoms with van der Waals surface area (Å²) in [4.78, 5) is 0. The van der Waals surface area contributed by atoms with Crippen molar-refractivity contribution in [2.75, 3.05) is 0 Å². The number of allylic oxidation sites excluding steroid dienone is 6. The van der Waals surface area contributed by atoms with E-state index in [9.17, 15) is 0 Å². The van der Waals surface area contributed by atoms with Crippen molar-refractivity contribution in [3.05, 3.63) is 35.6 Å². The van der Waals surface area contributed by atoms with Gasteiger partial charge in [-0.2, -0.15) is 0 Å². The zero-order valence-corrected chi connectivity index (χ0v) is 13.3. The molecule has 0 aliphatic heterocycles. The van der Waals surface area contributed by atoms with E-state index in [2.05, 4.69) is 62.4 Å². The third-order valence-corrected chi connectivity index (χ3v) is 3.04. The second kappa shape index (κ2) is 7.93. The van der Waals surface area contributed by atoms with Crippen LogP contribution in [0, 0.1) is 11.8 Å². The molecule has 0 fully saturated rings. The molecule has 0 bridgehead atoms. The van der Waals surface area contributed by atoms with Crippen LogP contribution in [0.25, 0.3) is 0 Å². The predicted molar refractivity (Wildman–Crippen MR) is 63.1 cm³/mol. The van der Waals surface area contributed by atoms with Crippen molar-refractivity contribution in [2.45, 2.75) is 34.6 Å². The van der Waals surface area contributed by atoms with E-state index in [0.717, 1.165) is 5.70 Å². The van der Waals surface area contributed by atoms with Gasteiger partial charge in [-0.25, -0.2) is 0 Å². The molecule has 0 rings (SSSR count). The summed E-state index contributed by atoms with van der Waals surface area (Å²) in [6.07, 6.45) is 8.59. The Morgan fingerprint density at radius 1 is 1.13 bits per heavy atom. The average molecular weight is 375 g/mol. The molecule has 0 aliphatic rings. The van der Waals surface area contributed by atoms with Gasteiger partial charge in [0.25, 0.3) is 0 Å². The fourth-order valence-electron chi connectivity index (χ4n) is 1.23. The van der Waals surface area contributed by atoms with E-state index in [1.54, 1.807) is 0 Å². The molecule has 0 atom stereocenters. The van der Waals surface area contributed by atoms with E-state index in [4.69, 9.17) is 0 Å². The van der Waals surface area contributed by atoms with Crippen molar-refractivity contribution in [2.24, 2.45) is 15.3 Å². The van der Waals surface area contributed by atoms with Gasteiger partial charge >= 0.3 is 105 Å². The van der Waals surface area contributed by atoms with Crippen LogP contribution in [0.5, 0.6) is 0 Å². The first-order valence-corrected chi connectivity index (χ1v) is 6.69. The van der Waals surface area contributed by atoms with Crippen LogP contribution in [0.15, 0.2) is 39.1 Å². The summed E-state index contributed by atoms with van der Waals surface area (Å²) in [5, 5.41) is 0. The average Bonchev–Trinajstić information content (AvgIpc) is 2.15. The van der Waals surface area contributed by atoms with Gasteiger partial charge in [-0.15, -0.1) is 0 Å². The number of hydrogen-bond donors (Lipinski definition) is 0. The van der Waals surface area contributed by atoms with Gasteiger partial charge in [0.2, 0.25) is 0 Å². The summed E-state index contributed by atoms with van der Waals surface area (Å²) in [6.45, 7) is 10.9. The first-order chi connectivity index (χ1) is 6.99. The molecule has 0 aromatic rings. The van der Waals surface area contributed by atoms with E-state index in [1.807, 2.05) is 0 Å². The van der Waals surface area contributed by atoms with Crippen molar-refractivity contribution >= 4 is 0 Å². The van der Waals surface area contributed by atoms with Crippen molar-refractivity contribution in [3.8, 4) is 0 Å². The molecule has 0 amide bonds. The number of nitrogens with zero attached hydrogens (tertiary/aromatic N) is 1. The topological polar surface area (TPSA) is 12.4 Å². The monoisotopic (exact) mass is 375 g/mol. The number of rotatable bonds is 5. The van der Waals surface area contributed by atoms with Crippen molar-refractivity contribution in [1.82, 2.24) is 0 Å². The Bertz CT molecular complexity index is 283. The molecular weight excluding hydrogens is 354 g/mol. The second-order valence-corrected chi connectivity index (χ2v) is 4.93. The summed E-state index contributed by atoms with van der Waals surface area (Å²) < 4.78 is 4.31. The molecule has 0 radical (unpaired) electrons. The Kier molecular flexibility index (Phi) is 7.78. The van der Waals surface area contributed by atoms with Gasteiger partial charge in [-0.05, 0) is 0 Å². The summed E-state index contributed by atoms with van der Waals surface area (Å²) in [6, 6.07) is 0. The van der Waals surface area contributed by atoms with Gasteiger partial charge in [-0.3, -0.25) is 0 Å². The Labute approximate surface area is 105 Å². The maximum absolute atomic E-state index is 4.31.